The highest BCUT2D eigenvalue weighted by Gasteiger charge is 2.36. The SMILES string of the molecule is Cc1ccc(CNC(=O)C(C)(C)C(=O)Nc2ccc3c(c2)OCCO3)cc1. The van der Waals surface area contributed by atoms with Gasteiger partial charge in [-0.2, -0.15) is 0 Å². The van der Waals surface area contributed by atoms with E-state index < -0.39 is 5.41 Å². The maximum Gasteiger partial charge on any atom is 0.239 e. The number of benzene rings is 2. The Hall–Kier alpha value is -3.02. The first-order valence-corrected chi connectivity index (χ1v) is 8.91. The summed E-state index contributed by atoms with van der Waals surface area (Å²) < 4.78 is 11.0. The van der Waals surface area contributed by atoms with Crippen LogP contribution in [0.5, 0.6) is 11.5 Å². The Kier molecular flexibility index (Phi) is 5.35. The van der Waals surface area contributed by atoms with Gasteiger partial charge in [-0.3, -0.25) is 9.59 Å². The van der Waals surface area contributed by atoms with Crippen molar-refractivity contribution in [2.75, 3.05) is 18.5 Å². The molecule has 27 heavy (non-hydrogen) atoms. The van der Waals surface area contributed by atoms with Gasteiger partial charge in [-0.05, 0) is 38.5 Å². The van der Waals surface area contributed by atoms with E-state index in [1.54, 1.807) is 32.0 Å². The molecule has 3 rings (SSSR count). The highest BCUT2D eigenvalue weighted by Crippen LogP contribution is 2.33. The number of carbonyl (C=O) groups is 2. The molecule has 1 heterocycles. The van der Waals surface area contributed by atoms with Gasteiger partial charge in [0, 0.05) is 18.3 Å². The smallest absolute Gasteiger partial charge is 0.239 e. The van der Waals surface area contributed by atoms with Crippen LogP contribution < -0.4 is 20.1 Å². The lowest BCUT2D eigenvalue weighted by atomic mass is 9.90. The van der Waals surface area contributed by atoms with Crippen molar-refractivity contribution in [2.24, 2.45) is 5.41 Å². The second kappa shape index (κ2) is 7.70. The van der Waals surface area contributed by atoms with E-state index in [-0.39, 0.29) is 11.8 Å². The molecule has 0 radical (unpaired) electrons. The van der Waals surface area contributed by atoms with Crippen LogP contribution >= 0.6 is 0 Å². The first-order valence-electron chi connectivity index (χ1n) is 8.91. The Morgan fingerprint density at radius 1 is 0.963 bits per heavy atom. The second-order valence-corrected chi connectivity index (χ2v) is 7.11. The number of amides is 2. The first kappa shape index (κ1) is 18.8. The number of anilines is 1. The lowest BCUT2D eigenvalue weighted by Crippen LogP contribution is -2.44. The van der Waals surface area contributed by atoms with Gasteiger partial charge in [-0.25, -0.2) is 0 Å². The Bertz CT molecular complexity index is 844. The van der Waals surface area contributed by atoms with Crippen molar-refractivity contribution in [1.29, 1.82) is 0 Å². The number of hydrogen-bond acceptors (Lipinski definition) is 4. The fourth-order valence-electron chi connectivity index (χ4n) is 2.62. The molecule has 0 spiro atoms. The maximum atomic E-state index is 12.7. The summed E-state index contributed by atoms with van der Waals surface area (Å²) in [5.74, 6) is 0.508. The number of fused-ring (bicyclic) bond motifs is 1. The molecule has 0 fully saturated rings. The molecular weight excluding hydrogens is 344 g/mol. The number of carbonyl (C=O) groups excluding carboxylic acids is 2. The van der Waals surface area contributed by atoms with Gasteiger partial charge in [-0.15, -0.1) is 0 Å². The third-order valence-corrected chi connectivity index (χ3v) is 4.51. The van der Waals surface area contributed by atoms with Gasteiger partial charge in [0.1, 0.15) is 18.6 Å². The van der Waals surface area contributed by atoms with Crippen LogP contribution in [-0.4, -0.2) is 25.0 Å². The molecule has 2 amide bonds. The normalized spacial score (nSPS) is 13.0. The zero-order valence-corrected chi connectivity index (χ0v) is 15.8. The van der Waals surface area contributed by atoms with Crippen molar-refractivity contribution in [3.63, 3.8) is 0 Å². The summed E-state index contributed by atoms with van der Waals surface area (Å²) in [5.41, 5.74) is 1.47. The molecule has 2 aromatic carbocycles. The van der Waals surface area contributed by atoms with Crippen LogP contribution in [0, 0.1) is 12.3 Å². The van der Waals surface area contributed by atoms with Crippen molar-refractivity contribution >= 4 is 17.5 Å². The van der Waals surface area contributed by atoms with Crippen LogP contribution in [0.15, 0.2) is 42.5 Å². The zero-order chi connectivity index (χ0) is 19.4. The Morgan fingerprint density at radius 3 is 2.33 bits per heavy atom. The summed E-state index contributed by atoms with van der Waals surface area (Å²) in [6.45, 7) is 6.56. The highest BCUT2D eigenvalue weighted by molar-refractivity contribution is 6.09. The Morgan fingerprint density at radius 2 is 1.63 bits per heavy atom. The van der Waals surface area contributed by atoms with Gasteiger partial charge >= 0.3 is 0 Å². The average molecular weight is 368 g/mol. The number of rotatable bonds is 5. The Balaban J connectivity index is 1.61. The monoisotopic (exact) mass is 368 g/mol. The number of hydrogen-bond donors (Lipinski definition) is 2. The molecule has 6 nitrogen and oxygen atoms in total. The summed E-state index contributed by atoms with van der Waals surface area (Å²) in [6, 6.07) is 13.1. The molecule has 0 unspecified atom stereocenters. The van der Waals surface area contributed by atoms with E-state index >= 15 is 0 Å². The lowest BCUT2D eigenvalue weighted by Gasteiger charge is -2.24. The summed E-state index contributed by atoms with van der Waals surface area (Å²) in [7, 11) is 0. The second-order valence-electron chi connectivity index (χ2n) is 7.11. The van der Waals surface area contributed by atoms with Crippen molar-refractivity contribution in [1.82, 2.24) is 5.32 Å². The average Bonchev–Trinajstić information content (AvgIpc) is 2.67. The van der Waals surface area contributed by atoms with Gasteiger partial charge in [0.15, 0.2) is 11.5 Å². The predicted molar refractivity (Wildman–Crippen MR) is 103 cm³/mol. The fourth-order valence-corrected chi connectivity index (χ4v) is 2.62. The third-order valence-electron chi connectivity index (χ3n) is 4.51. The van der Waals surface area contributed by atoms with E-state index in [1.165, 1.54) is 0 Å². The maximum absolute atomic E-state index is 12.7. The van der Waals surface area contributed by atoms with Crippen LogP contribution in [0.4, 0.5) is 5.69 Å². The molecule has 0 atom stereocenters. The van der Waals surface area contributed by atoms with E-state index in [0.29, 0.717) is 36.9 Å². The molecule has 2 aromatic rings. The topological polar surface area (TPSA) is 76.7 Å². The minimum atomic E-state index is -1.22. The minimum absolute atomic E-state index is 0.335. The number of ether oxygens (including phenoxy) is 2. The van der Waals surface area contributed by atoms with E-state index in [4.69, 9.17) is 9.47 Å². The Labute approximate surface area is 158 Å². The number of nitrogens with one attached hydrogen (secondary N) is 2. The quantitative estimate of drug-likeness (QED) is 0.796. The van der Waals surface area contributed by atoms with Crippen LogP contribution in [-0.2, 0) is 16.1 Å². The zero-order valence-electron chi connectivity index (χ0n) is 15.8. The standard InChI is InChI=1S/C21H24N2O4/c1-14-4-6-15(7-5-14)13-22-19(24)21(2,3)20(25)23-16-8-9-17-18(12-16)27-11-10-26-17/h4-9,12H,10-11,13H2,1-3H3,(H,22,24)(H,23,25). The van der Waals surface area contributed by atoms with Crippen LogP contribution in [0.2, 0.25) is 0 Å². The van der Waals surface area contributed by atoms with Crippen molar-refractivity contribution in [3.05, 3.63) is 53.6 Å². The molecule has 0 saturated carbocycles. The van der Waals surface area contributed by atoms with Gasteiger partial charge in [-0.1, -0.05) is 29.8 Å². The minimum Gasteiger partial charge on any atom is -0.486 e. The molecule has 0 saturated heterocycles. The molecular formula is C21H24N2O4. The lowest BCUT2D eigenvalue weighted by molar-refractivity contribution is -0.138. The molecule has 6 heteroatoms. The molecule has 1 aliphatic heterocycles. The molecule has 1 aliphatic rings. The van der Waals surface area contributed by atoms with Gasteiger partial charge in [0.25, 0.3) is 0 Å². The first-order chi connectivity index (χ1) is 12.9. The third kappa shape index (κ3) is 4.39. The van der Waals surface area contributed by atoms with Crippen LogP contribution in [0.25, 0.3) is 0 Å². The van der Waals surface area contributed by atoms with Crippen LogP contribution in [0.3, 0.4) is 0 Å². The number of aryl methyl sites for hydroxylation is 1. The van der Waals surface area contributed by atoms with Gasteiger partial charge in [0.2, 0.25) is 11.8 Å². The van der Waals surface area contributed by atoms with E-state index in [9.17, 15) is 9.59 Å². The molecule has 142 valence electrons. The van der Waals surface area contributed by atoms with Crippen molar-refractivity contribution in [3.8, 4) is 11.5 Å². The van der Waals surface area contributed by atoms with Crippen molar-refractivity contribution < 1.29 is 19.1 Å². The highest BCUT2D eigenvalue weighted by atomic mass is 16.6. The fraction of sp³-hybridized carbons (Fsp3) is 0.333. The molecule has 0 bridgehead atoms. The van der Waals surface area contributed by atoms with E-state index in [0.717, 1.165) is 11.1 Å². The van der Waals surface area contributed by atoms with Crippen molar-refractivity contribution in [2.45, 2.75) is 27.3 Å². The molecule has 0 aromatic heterocycles. The summed E-state index contributed by atoms with van der Waals surface area (Å²) in [6.07, 6.45) is 0. The van der Waals surface area contributed by atoms with Crippen LogP contribution in [0.1, 0.15) is 25.0 Å². The summed E-state index contributed by atoms with van der Waals surface area (Å²) >= 11 is 0. The van der Waals surface area contributed by atoms with Gasteiger partial charge < -0.3 is 20.1 Å². The summed E-state index contributed by atoms with van der Waals surface area (Å²) in [4.78, 5) is 25.2. The van der Waals surface area contributed by atoms with E-state index in [2.05, 4.69) is 10.6 Å². The molecule has 0 aliphatic carbocycles. The largest absolute Gasteiger partial charge is 0.486 e. The van der Waals surface area contributed by atoms with Gasteiger partial charge in [0.05, 0.1) is 0 Å². The predicted octanol–water partition coefficient (Wildman–Crippen LogP) is 3.05. The van der Waals surface area contributed by atoms with E-state index in [1.807, 2.05) is 31.2 Å². The summed E-state index contributed by atoms with van der Waals surface area (Å²) in [5, 5.41) is 5.61. The molecule has 2 N–H and O–H groups in total.